The summed E-state index contributed by atoms with van der Waals surface area (Å²) in [6, 6.07) is 4.29. The third kappa shape index (κ3) is 4.46. The third-order valence-electron chi connectivity index (χ3n) is 4.08. The van der Waals surface area contributed by atoms with Crippen molar-refractivity contribution < 1.29 is 18.4 Å². The van der Waals surface area contributed by atoms with Gasteiger partial charge < -0.3 is 10.6 Å². The number of pyridine rings is 1. The first-order valence-electron chi connectivity index (χ1n) is 7.66. The summed E-state index contributed by atoms with van der Waals surface area (Å²) in [6.07, 6.45) is 0.449. The molecule has 1 heterocycles. The Morgan fingerprint density at radius 1 is 1.30 bits per heavy atom. The van der Waals surface area contributed by atoms with Crippen molar-refractivity contribution in [2.24, 2.45) is 0 Å². The molecule has 0 radical (unpaired) electrons. The highest BCUT2D eigenvalue weighted by Gasteiger charge is 2.36. The largest absolute Gasteiger partial charge is 0.357 e. The van der Waals surface area contributed by atoms with Crippen LogP contribution in [-0.2, 0) is 9.59 Å². The zero-order valence-corrected chi connectivity index (χ0v) is 13.2. The first-order valence-corrected chi connectivity index (χ1v) is 7.66. The van der Waals surface area contributed by atoms with Crippen LogP contribution in [0.3, 0.4) is 0 Å². The smallest absolute Gasteiger partial charge is 0.248 e. The summed E-state index contributed by atoms with van der Waals surface area (Å²) in [7, 11) is 1.48. The van der Waals surface area contributed by atoms with E-state index in [2.05, 4.69) is 15.6 Å². The van der Waals surface area contributed by atoms with E-state index in [-0.39, 0.29) is 30.6 Å². The highest BCUT2D eigenvalue weighted by atomic mass is 19.3. The maximum Gasteiger partial charge on any atom is 0.248 e. The SMILES string of the molecule is CNC(=O)C(NC(C)=O)c1cccc(C2CCC(F)(F)CC2)n1. The second-order valence-corrected chi connectivity index (χ2v) is 5.87. The zero-order valence-electron chi connectivity index (χ0n) is 13.2. The number of amides is 2. The molecule has 1 atom stereocenters. The average Bonchev–Trinajstić information content (AvgIpc) is 2.52. The number of aromatic nitrogens is 1. The molecule has 1 aromatic rings. The Balaban J connectivity index is 2.20. The number of alkyl halides is 2. The average molecular weight is 325 g/mol. The number of rotatable bonds is 4. The van der Waals surface area contributed by atoms with E-state index < -0.39 is 12.0 Å². The van der Waals surface area contributed by atoms with Crippen molar-refractivity contribution >= 4 is 11.8 Å². The molecule has 5 nitrogen and oxygen atoms in total. The number of carbonyl (C=O) groups excluding carboxylic acids is 2. The molecule has 1 aliphatic rings. The number of nitrogens with zero attached hydrogens (tertiary/aromatic N) is 1. The van der Waals surface area contributed by atoms with Crippen LogP contribution in [0.1, 0.15) is 56.0 Å². The summed E-state index contributed by atoms with van der Waals surface area (Å²) >= 11 is 0. The van der Waals surface area contributed by atoms with E-state index in [9.17, 15) is 18.4 Å². The number of nitrogens with one attached hydrogen (secondary N) is 2. The second kappa shape index (κ2) is 7.02. The maximum atomic E-state index is 13.3. The lowest BCUT2D eigenvalue weighted by atomic mass is 9.84. The summed E-state index contributed by atoms with van der Waals surface area (Å²) in [6.45, 7) is 1.32. The van der Waals surface area contributed by atoms with Gasteiger partial charge in [0.1, 0.15) is 0 Å². The van der Waals surface area contributed by atoms with Gasteiger partial charge in [0.15, 0.2) is 6.04 Å². The summed E-state index contributed by atoms with van der Waals surface area (Å²) in [5.74, 6) is -3.35. The van der Waals surface area contributed by atoms with E-state index >= 15 is 0 Å². The van der Waals surface area contributed by atoms with Crippen LogP contribution in [0.15, 0.2) is 18.2 Å². The van der Waals surface area contributed by atoms with Gasteiger partial charge in [-0.15, -0.1) is 0 Å². The minimum absolute atomic E-state index is 0.0442. The van der Waals surface area contributed by atoms with Gasteiger partial charge in [-0.1, -0.05) is 6.07 Å². The van der Waals surface area contributed by atoms with Crippen molar-refractivity contribution in [3.05, 3.63) is 29.6 Å². The van der Waals surface area contributed by atoms with Crippen molar-refractivity contribution in [3.8, 4) is 0 Å². The molecule has 0 aromatic carbocycles. The van der Waals surface area contributed by atoms with E-state index in [4.69, 9.17) is 0 Å². The lowest BCUT2D eigenvalue weighted by Gasteiger charge is -2.28. The van der Waals surface area contributed by atoms with E-state index in [1.165, 1.54) is 14.0 Å². The van der Waals surface area contributed by atoms with Crippen molar-refractivity contribution in [2.75, 3.05) is 7.05 Å². The van der Waals surface area contributed by atoms with Crippen LogP contribution in [0.5, 0.6) is 0 Å². The van der Waals surface area contributed by atoms with Crippen LogP contribution in [-0.4, -0.2) is 29.8 Å². The molecule has 1 saturated carbocycles. The lowest BCUT2D eigenvalue weighted by molar-refractivity contribution is -0.128. The topological polar surface area (TPSA) is 71.1 Å². The fourth-order valence-electron chi connectivity index (χ4n) is 2.81. The zero-order chi connectivity index (χ0) is 17.0. The van der Waals surface area contributed by atoms with Crippen LogP contribution in [0.2, 0.25) is 0 Å². The number of halogens is 2. The van der Waals surface area contributed by atoms with Crippen LogP contribution < -0.4 is 10.6 Å². The van der Waals surface area contributed by atoms with Gasteiger partial charge in [0.05, 0.1) is 5.69 Å². The van der Waals surface area contributed by atoms with E-state index in [0.717, 1.165) is 0 Å². The maximum absolute atomic E-state index is 13.3. The van der Waals surface area contributed by atoms with Crippen molar-refractivity contribution in [1.29, 1.82) is 0 Å². The number of hydrogen-bond acceptors (Lipinski definition) is 3. The number of carbonyl (C=O) groups is 2. The van der Waals surface area contributed by atoms with E-state index in [1.807, 2.05) is 0 Å². The molecule has 2 N–H and O–H groups in total. The second-order valence-electron chi connectivity index (χ2n) is 5.87. The predicted molar refractivity (Wildman–Crippen MR) is 81.0 cm³/mol. The van der Waals surface area contributed by atoms with Gasteiger partial charge in [-0.3, -0.25) is 14.6 Å². The van der Waals surface area contributed by atoms with Crippen LogP contribution in [0.4, 0.5) is 8.78 Å². The Labute approximate surface area is 133 Å². The summed E-state index contributed by atoms with van der Waals surface area (Å²) in [5.41, 5.74) is 1.10. The fraction of sp³-hybridized carbons (Fsp3) is 0.562. The van der Waals surface area contributed by atoms with Crippen LogP contribution >= 0.6 is 0 Å². The Bertz CT molecular complexity index is 582. The van der Waals surface area contributed by atoms with Gasteiger partial charge in [0.25, 0.3) is 0 Å². The summed E-state index contributed by atoms with van der Waals surface area (Å²) < 4.78 is 26.6. The first-order chi connectivity index (χ1) is 10.8. The number of likely N-dealkylation sites (N-methyl/N-ethyl adjacent to an activating group) is 1. The Kier molecular flexibility index (Phi) is 5.28. The fourth-order valence-corrected chi connectivity index (χ4v) is 2.81. The molecular weight excluding hydrogens is 304 g/mol. The summed E-state index contributed by atoms with van der Waals surface area (Å²) in [4.78, 5) is 27.7. The first kappa shape index (κ1) is 17.3. The van der Waals surface area contributed by atoms with Crippen molar-refractivity contribution in [3.63, 3.8) is 0 Å². The normalized spacial score (nSPS) is 19.0. The van der Waals surface area contributed by atoms with Crippen LogP contribution in [0, 0.1) is 0 Å². The third-order valence-corrected chi connectivity index (χ3v) is 4.08. The molecular formula is C16H21F2N3O2. The molecule has 2 amide bonds. The predicted octanol–water partition coefficient (Wildman–Crippen LogP) is 2.30. The van der Waals surface area contributed by atoms with Gasteiger partial charge in [-0.25, -0.2) is 8.78 Å². The van der Waals surface area contributed by atoms with E-state index in [1.54, 1.807) is 18.2 Å². The Morgan fingerprint density at radius 3 is 2.52 bits per heavy atom. The summed E-state index contributed by atoms with van der Waals surface area (Å²) in [5, 5.41) is 5.04. The molecule has 23 heavy (non-hydrogen) atoms. The van der Waals surface area contributed by atoms with Gasteiger partial charge in [-0.05, 0) is 25.0 Å². The van der Waals surface area contributed by atoms with Gasteiger partial charge in [0, 0.05) is 38.4 Å². The quantitative estimate of drug-likeness (QED) is 0.892. The molecule has 0 saturated heterocycles. The molecule has 1 unspecified atom stereocenters. The molecule has 7 heteroatoms. The lowest BCUT2D eigenvalue weighted by Crippen LogP contribution is -2.38. The molecule has 1 fully saturated rings. The molecule has 2 rings (SSSR count). The number of hydrogen-bond donors (Lipinski definition) is 2. The van der Waals surface area contributed by atoms with Crippen molar-refractivity contribution in [1.82, 2.24) is 15.6 Å². The van der Waals surface area contributed by atoms with Crippen LogP contribution in [0.25, 0.3) is 0 Å². The molecule has 126 valence electrons. The minimum Gasteiger partial charge on any atom is -0.357 e. The van der Waals surface area contributed by atoms with Gasteiger partial charge in [-0.2, -0.15) is 0 Å². The van der Waals surface area contributed by atoms with E-state index in [0.29, 0.717) is 24.2 Å². The highest BCUT2D eigenvalue weighted by molar-refractivity contribution is 5.87. The monoisotopic (exact) mass is 325 g/mol. The minimum atomic E-state index is -2.59. The molecule has 1 aromatic heterocycles. The Morgan fingerprint density at radius 2 is 1.96 bits per heavy atom. The standard InChI is InChI=1S/C16H21F2N3O2/c1-10(22)20-14(15(23)19-2)13-5-3-4-12(21-13)11-6-8-16(17,18)9-7-11/h3-5,11,14H,6-9H2,1-2H3,(H,19,23)(H,20,22). The van der Waals surface area contributed by atoms with Crippen molar-refractivity contribution in [2.45, 2.75) is 50.5 Å². The van der Waals surface area contributed by atoms with Gasteiger partial charge >= 0.3 is 0 Å². The van der Waals surface area contributed by atoms with Gasteiger partial charge in [0.2, 0.25) is 17.7 Å². The molecule has 0 aliphatic heterocycles. The molecule has 0 bridgehead atoms. The molecule has 1 aliphatic carbocycles. The molecule has 0 spiro atoms. The highest BCUT2D eigenvalue weighted by Crippen LogP contribution is 2.40. The Hall–Kier alpha value is -2.05.